The standard InChI is InChI=1S/C35H35NO5/c1-25-21-33(37)31-17-18-34(40-24-28-11-15-30(39-3)16-12-28)32(35(31)41-25)23-36(20-19-26-7-5-4-6-8-26)22-27-9-13-29(38-2)14-10-27/h4-18,21H,19-20,22-24H2,1-3H3. The first-order chi connectivity index (χ1) is 20.0. The zero-order valence-electron chi connectivity index (χ0n) is 23.8. The summed E-state index contributed by atoms with van der Waals surface area (Å²) in [6, 6.07) is 31.6. The molecular weight excluding hydrogens is 514 g/mol. The Labute approximate surface area is 240 Å². The second-order valence-corrected chi connectivity index (χ2v) is 10.1. The van der Waals surface area contributed by atoms with Gasteiger partial charge in [0.15, 0.2) is 5.43 Å². The Morgan fingerprint density at radius 2 is 1.39 bits per heavy atom. The van der Waals surface area contributed by atoms with E-state index in [-0.39, 0.29) is 5.43 Å². The van der Waals surface area contributed by atoms with Crippen molar-refractivity contribution in [1.29, 1.82) is 0 Å². The Hall–Kier alpha value is -4.55. The van der Waals surface area contributed by atoms with E-state index < -0.39 is 0 Å². The molecule has 0 atom stereocenters. The molecule has 210 valence electrons. The number of nitrogens with zero attached hydrogens (tertiary/aromatic N) is 1. The molecule has 0 aliphatic carbocycles. The number of rotatable bonds is 12. The molecule has 0 spiro atoms. The molecule has 0 unspecified atom stereocenters. The SMILES string of the molecule is COc1ccc(COc2ccc3c(=O)cc(C)oc3c2CN(CCc2ccccc2)Cc2ccc(OC)cc2)cc1. The topological polar surface area (TPSA) is 61.1 Å². The summed E-state index contributed by atoms with van der Waals surface area (Å²) >= 11 is 0. The lowest BCUT2D eigenvalue weighted by molar-refractivity contribution is 0.248. The van der Waals surface area contributed by atoms with Gasteiger partial charge in [0.05, 0.1) is 25.2 Å². The highest BCUT2D eigenvalue weighted by Gasteiger charge is 2.18. The predicted octanol–water partition coefficient (Wildman–Crippen LogP) is 6.94. The summed E-state index contributed by atoms with van der Waals surface area (Å²) < 4.78 is 23.2. The minimum absolute atomic E-state index is 0.0577. The normalized spacial score (nSPS) is 11.1. The van der Waals surface area contributed by atoms with E-state index in [1.54, 1.807) is 27.2 Å². The highest BCUT2D eigenvalue weighted by atomic mass is 16.5. The minimum Gasteiger partial charge on any atom is -0.497 e. The third-order valence-electron chi connectivity index (χ3n) is 7.14. The molecule has 5 aromatic rings. The third kappa shape index (κ3) is 7.16. The van der Waals surface area contributed by atoms with Crippen molar-refractivity contribution >= 4 is 11.0 Å². The number of ether oxygens (including phenoxy) is 3. The minimum atomic E-state index is -0.0577. The first kappa shape index (κ1) is 28.0. The number of aryl methyl sites for hydroxylation is 1. The van der Waals surface area contributed by atoms with Crippen LogP contribution in [0, 0.1) is 6.92 Å². The van der Waals surface area contributed by atoms with Gasteiger partial charge >= 0.3 is 0 Å². The highest BCUT2D eigenvalue weighted by Crippen LogP contribution is 2.30. The highest BCUT2D eigenvalue weighted by molar-refractivity contribution is 5.82. The van der Waals surface area contributed by atoms with Gasteiger partial charge in [-0.2, -0.15) is 0 Å². The van der Waals surface area contributed by atoms with Crippen LogP contribution in [0.25, 0.3) is 11.0 Å². The second-order valence-electron chi connectivity index (χ2n) is 10.1. The number of hydrogen-bond acceptors (Lipinski definition) is 6. The molecule has 1 heterocycles. The van der Waals surface area contributed by atoms with Crippen LogP contribution >= 0.6 is 0 Å². The molecule has 0 radical (unpaired) electrons. The summed E-state index contributed by atoms with van der Waals surface area (Å²) in [5.41, 5.74) is 4.82. The summed E-state index contributed by atoms with van der Waals surface area (Å²) in [4.78, 5) is 15.3. The van der Waals surface area contributed by atoms with Gasteiger partial charge in [0, 0.05) is 25.7 Å². The van der Waals surface area contributed by atoms with E-state index in [0.717, 1.165) is 41.2 Å². The molecule has 0 saturated carbocycles. The molecule has 0 aliphatic rings. The quantitative estimate of drug-likeness (QED) is 0.168. The van der Waals surface area contributed by atoms with E-state index in [2.05, 4.69) is 41.3 Å². The van der Waals surface area contributed by atoms with E-state index >= 15 is 0 Å². The lowest BCUT2D eigenvalue weighted by Crippen LogP contribution is -2.26. The maximum absolute atomic E-state index is 12.9. The van der Waals surface area contributed by atoms with Crippen molar-refractivity contribution in [3.05, 3.63) is 135 Å². The molecule has 0 fully saturated rings. The summed E-state index contributed by atoms with van der Waals surface area (Å²) in [6.07, 6.45) is 0.882. The predicted molar refractivity (Wildman–Crippen MR) is 162 cm³/mol. The molecule has 6 nitrogen and oxygen atoms in total. The Balaban J connectivity index is 1.49. The van der Waals surface area contributed by atoms with E-state index in [1.807, 2.05) is 48.5 Å². The number of fused-ring (bicyclic) bond motifs is 1. The van der Waals surface area contributed by atoms with Crippen LogP contribution in [0.1, 0.15) is 28.0 Å². The van der Waals surface area contributed by atoms with E-state index in [1.165, 1.54) is 11.6 Å². The van der Waals surface area contributed by atoms with Gasteiger partial charge in [-0.3, -0.25) is 9.69 Å². The summed E-state index contributed by atoms with van der Waals surface area (Å²) in [6.45, 7) is 4.24. The maximum Gasteiger partial charge on any atom is 0.192 e. The number of benzene rings is 4. The van der Waals surface area contributed by atoms with Gasteiger partial charge in [-0.15, -0.1) is 0 Å². The first-order valence-corrected chi connectivity index (χ1v) is 13.7. The number of hydrogen-bond donors (Lipinski definition) is 0. The van der Waals surface area contributed by atoms with E-state index in [9.17, 15) is 4.79 Å². The largest absolute Gasteiger partial charge is 0.497 e. The molecule has 1 aromatic heterocycles. The zero-order valence-corrected chi connectivity index (χ0v) is 23.8. The second kappa shape index (κ2) is 13.2. The lowest BCUT2D eigenvalue weighted by atomic mass is 10.1. The maximum atomic E-state index is 12.9. The average Bonchev–Trinajstić information content (AvgIpc) is 3.00. The van der Waals surface area contributed by atoms with Gasteiger partial charge in [0.2, 0.25) is 0 Å². The molecule has 4 aromatic carbocycles. The molecule has 41 heavy (non-hydrogen) atoms. The number of methoxy groups -OCH3 is 2. The molecule has 0 N–H and O–H groups in total. The summed E-state index contributed by atoms with van der Waals surface area (Å²) in [5.74, 6) is 2.89. The van der Waals surface area contributed by atoms with Crippen LogP contribution in [0.2, 0.25) is 0 Å². The Morgan fingerprint density at radius 3 is 2.05 bits per heavy atom. The molecule has 0 amide bonds. The van der Waals surface area contributed by atoms with Crippen LogP contribution in [-0.2, 0) is 26.1 Å². The smallest absolute Gasteiger partial charge is 0.192 e. The van der Waals surface area contributed by atoms with E-state index in [4.69, 9.17) is 18.6 Å². The van der Waals surface area contributed by atoms with Crippen molar-refractivity contribution in [3.63, 3.8) is 0 Å². The van der Waals surface area contributed by atoms with Gasteiger partial charge in [-0.1, -0.05) is 54.6 Å². The fourth-order valence-electron chi connectivity index (χ4n) is 4.90. The average molecular weight is 550 g/mol. The van der Waals surface area contributed by atoms with Crippen molar-refractivity contribution in [2.24, 2.45) is 0 Å². The van der Waals surface area contributed by atoms with Gasteiger partial charge in [-0.25, -0.2) is 0 Å². The summed E-state index contributed by atoms with van der Waals surface area (Å²) in [5, 5.41) is 0.551. The molecule has 5 rings (SSSR count). The van der Waals surface area contributed by atoms with Crippen LogP contribution in [0.15, 0.2) is 106 Å². The van der Waals surface area contributed by atoms with Gasteiger partial charge in [0.25, 0.3) is 0 Å². The van der Waals surface area contributed by atoms with Gasteiger partial charge in [-0.05, 0) is 66.4 Å². The zero-order chi connectivity index (χ0) is 28.6. The monoisotopic (exact) mass is 549 g/mol. The molecule has 6 heteroatoms. The Kier molecular flexibility index (Phi) is 9.02. The van der Waals surface area contributed by atoms with Crippen molar-refractivity contribution < 1.29 is 18.6 Å². The third-order valence-corrected chi connectivity index (χ3v) is 7.14. The summed E-state index contributed by atoms with van der Waals surface area (Å²) in [7, 11) is 3.32. The fraction of sp³-hybridized carbons (Fsp3) is 0.229. The van der Waals surface area contributed by atoms with Crippen molar-refractivity contribution in [1.82, 2.24) is 4.90 Å². The molecule has 0 aliphatic heterocycles. The van der Waals surface area contributed by atoms with Crippen molar-refractivity contribution in [3.8, 4) is 17.2 Å². The van der Waals surface area contributed by atoms with Crippen LogP contribution in [-0.4, -0.2) is 25.7 Å². The van der Waals surface area contributed by atoms with Gasteiger partial charge < -0.3 is 18.6 Å². The van der Waals surface area contributed by atoms with Crippen LogP contribution in [0.5, 0.6) is 17.2 Å². The molecule has 0 bridgehead atoms. The van der Waals surface area contributed by atoms with Crippen molar-refractivity contribution in [2.75, 3.05) is 20.8 Å². The molecular formula is C35H35NO5. The molecule has 0 saturated heterocycles. The van der Waals surface area contributed by atoms with Crippen LogP contribution in [0.3, 0.4) is 0 Å². The fourth-order valence-corrected chi connectivity index (χ4v) is 4.90. The van der Waals surface area contributed by atoms with Crippen molar-refractivity contribution in [2.45, 2.75) is 33.0 Å². The van der Waals surface area contributed by atoms with E-state index in [0.29, 0.717) is 42.2 Å². The Morgan fingerprint density at radius 1 is 0.732 bits per heavy atom. The lowest BCUT2D eigenvalue weighted by Gasteiger charge is -2.25. The van der Waals surface area contributed by atoms with Crippen LogP contribution < -0.4 is 19.6 Å². The first-order valence-electron chi connectivity index (χ1n) is 13.7. The van der Waals surface area contributed by atoms with Crippen LogP contribution in [0.4, 0.5) is 0 Å². The van der Waals surface area contributed by atoms with Gasteiger partial charge in [0.1, 0.15) is 35.2 Å². The Bertz CT molecular complexity index is 1630.